The van der Waals surface area contributed by atoms with E-state index >= 15 is 0 Å². The van der Waals surface area contributed by atoms with E-state index in [2.05, 4.69) is 26.0 Å². The lowest BCUT2D eigenvalue weighted by molar-refractivity contribution is -0.124. The molecule has 1 aromatic carbocycles. The van der Waals surface area contributed by atoms with Gasteiger partial charge in [0.1, 0.15) is 0 Å². The summed E-state index contributed by atoms with van der Waals surface area (Å²) in [7, 11) is 1.81. The van der Waals surface area contributed by atoms with Crippen LogP contribution in [0.3, 0.4) is 0 Å². The molecule has 0 atom stereocenters. The summed E-state index contributed by atoms with van der Waals surface area (Å²) in [6.07, 6.45) is 6.20. The largest absolute Gasteiger partial charge is 0.396 e. The maximum absolute atomic E-state index is 11.9. The van der Waals surface area contributed by atoms with Crippen LogP contribution in [0.25, 0.3) is 6.08 Å². The van der Waals surface area contributed by atoms with E-state index in [1.54, 1.807) is 11.0 Å². The number of aliphatic hydroxyl groups is 1. The molecule has 1 amide bonds. The molecule has 0 fully saturated rings. The molecule has 20 heavy (non-hydrogen) atoms. The van der Waals surface area contributed by atoms with Gasteiger partial charge in [-0.3, -0.25) is 4.79 Å². The quantitative estimate of drug-likeness (QED) is 0.614. The van der Waals surface area contributed by atoms with Crippen LogP contribution in [-0.2, 0) is 4.79 Å². The molecule has 0 aliphatic carbocycles. The fourth-order valence-electron chi connectivity index (χ4n) is 2.05. The van der Waals surface area contributed by atoms with Crippen LogP contribution in [0.5, 0.6) is 0 Å². The number of hydrogen-bond acceptors (Lipinski definition) is 2. The van der Waals surface area contributed by atoms with Crippen molar-refractivity contribution in [2.75, 3.05) is 20.2 Å². The number of aryl methyl sites for hydroxylation is 2. The standard InChI is InChI=1S/C17H25NO2/c1-14-7-8-16(15(2)13-14)9-10-17(20)18(3)11-5-4-6-12-19/h7-10,13,19H,4-6,11-12H2,1-3H3/b10-9+. The number of unbranched alkanes of at least 4 members (excludes halogenated alkanes) is 2. The smallest absolute Gasteiger partial charge is 0.246 e. The van der Waals surface area contributed by atoms with E-state index in [4.69, 9.17) is 5.11 Å². The minimum absolute atomic E-state index is 0.0222. The Morgan fingerprint density at radius 1 is 1.25 bits per heavy atom. The van der Waals surface area contributed by atoms with Gasteiger partial charge in [0, 0.05) is 26.3 Å². The Kier molecular flexibility index (Phi) is 7.02. The predicted molar refractivity (Wildman–Crippen MR) is 83.5 cm³/mol. The van der Waals surface area contributed by atoms with Crippen molar-refractivity contribution < 1.29 is 9.90 Å². The minimum Gasteiger partial charge on any atom is -0.396 e. The summed E-state index contributed by atoms with van der Waals surface area (Å²) in [5.41, 5.74) is 3.49. The maximum atomic E-state index is 11.9. The third kappa shape index (κ3) is 5.57. The van der Waals surface area contributed by atoms with Crippen molar-refractivity contribution in [3.63, 3.8) is 0 Å². The zero-order valence-electron chi connectivity index (χ0n) is 12.7. The lowest BCUT2D eigenvalue weighted by Crippen LogP contribution is -2.25. The van der Waals surface area contributed by atoms with Gasteiger partial charge in [-0.1, -0.05) is 23.8 Å². The molecule has 0 aliphatic rings. The molecule has 0 bridgehead atoms. The highest BCUT2D eigenvalue weighted by molar-refractivity contribution is 5.91. The van der Waals surface area contributed by atoms with Crippen LogP contribution >= 0.6 is 0 Å². The predicted octanol–water partition coefficient (Wildman–Crippen LogP) is 2.94. The first kappa shape index (κ1) is 16.4. The molecule has 3 heteroatoms. The maximum Gasteiger partial charge on any atom is 0.246 e. The number of carbonyl (C=O) groups excluding carboxylic acids is 1. The van der Waals surface area contributed by atoms with Gasteiger partial charge in [-0.15, -0.1) is 0 Å². The summed E-state index contributed by atoms with van der Waals surface area (Å²) in [4.78, 5) is 13.7. The van der Waals surface area contributed by atoms with Gasteiger partial charge in [-0.25, -0.2) is 0 Å². The van der Waals surface area contributed by atoms with E-state index in [0.29, 0.717) is 0 Å². The molecule has 0 radical (unpaired) electrons. The molecular formula is C17H25NO2. The van der Waals surface area contributed by atoms with Crippen LogP contribution in [0.4, 0.5) is 0 Å². The van der Waals surface area contributed by atoms with Gasteiger partial charge < -0.3 is 10.0 Å². The molecule has 0 heterocycles. The van der Waals surface area contributed by atoms with E-state index in [-0.39, 0.29) is 12.5 Å². The zero-order chi connectivity index (χ0) is 15.0. The highest BCUT2D eigenvalue weighted by Gasteiger charge is 2.04. The molecule has 0 saturated carbocycles. The molecule has 1 rings (SSSR count). The third-order valence-electron chi connectivity index (χ3n) is 3.36. The highest BCUT2D eigenvalue weighted by Crippen LogP contribution is 2.12. The Hall–Kier alpha value is -1.61. The second kappa shape index (κ2) is 8.54. The summed E-state index contributed by atoms with van der Waals surface area (Å²) >= 11 is 0. The molecule has 0 aromatic heterocycles. The normalized spacial score (nSPS) is 11.0. The molecule has 1 aromatic rings. The van der Waals surface area contributed by atoms with Crippen molar-refractivity contribution in [1.29, 1.82) is 0 Å². The summed E-state index contributed by atoms with van der Waals surface area (Å²) in [6.45, 7) is 5.07. The molecule has 110 valence electrons. The number of amides is 1. The Balaban J connectivity index is 2.49. The van der Waals surface area contributed by atoms with Crippen LogP contribution in [0.15, 0.2) is 24.3 Å². The fraction of sp³-hybridized carbons (Fsp3) is 0.471. The van der Waals surface area contributed by atoms with E-state index in [1.807, 2.05) is 19.2 Å². The van der Waals surface area contributed by atoms with Crippen molar-refractivity contribution in [1.82, 2.24) is 4.90 Å². The van der Waals surface area contributed by atoms with Gasteiger partial charge in [0.2, 0.25) is 5.91 Å². The summed E-state index contributed by atoms with van der Waals surface area (Å²) < 4.78 is 0. The monoisotopic (exact) mass is 275 g/mol. The van der Waals surface area contributed by atoms with Gasteiger partial charge >= 0.3 is 0 Å². The first-order chi connectivity index (χ1) is 9.54. The zero-order valence-corrected chi connectivity index (χ0v) is 12.7. The molecule has 0 unspecified atom stereocenters. The van der Waals surface area contributed by atoms with Gasteiger partial charge in [0.15, 0.2) is 0 Å². The van der Waals surface area contributed by atoms with Crippen LogP contribution in [0.1, 0.15) is 36.0 Å². The summed E-state index contributed by atoms with van der Waals surface area (Å²) in [5.74, 6) is 0.0222. The van der Waals surface area contributed by atoms with Gasteiger partial charge in [-0.05, 0) is 50.3 Å². The van der Waals surface area contributed by atoms with Gasteiger partial charge in [0.25, 0.3) is 0 Å². The van der Waals surface area contributed by atoms with Gasteiger partial charge in [0.05, 0.1) is 0 Å². The lowest BCUT2D eigenvalue weighted by Gasteiger charge is -2.14. The van der Waals surface area contributed by atoms with E-state index in [1.165, 1.54) is 11.1 Å². The Labute approximate surface area is 121 Å². The number of hydrogen-bond donors (Lipinski definition) is 1. The number of aliphatic hydroxyl groups excluding tert-OH is 1. The fourth-order valence-corrected chi connectivity index (χ4v) is 2.05. The van der Waals surface area contributed by atoms with Crippen molar-refractivity contribution in [3.8, 4) is 0 Å². The lowest BCUT2D eigenvalue weighted by atomic mass is 10.1. The van der Waals surface area contributed by atoms with Crippen LogP contribution in [0.2, 0.25) is 0 Å². The Morgan fingerprint density at radius 3 is 2.65 bits per heavy atom. The van der Waals surface area contributed by atoms with Gasteiger partial charge in [-0.2, -0.15) is 0 Å². The van der Waals surface area contributed by atoms with Crippen molar-refractivity contribution in [2.45, 2.75) is 33.1 Å². The number of benzene rings is 1. The molecule has 1 N–H and O–H groups in total. The number of likely N-dealkylation sites (N-methyl/N-ethyl adjacent to an activating group) is 1. The molecule has 0 aliphatic heterocycles. The van der Waals surface area contributed by atoms with Crippen LogP contribution in [-0.4, -0.2) is 36.1 Å². The SMILES string of the molecule is Cc1ccc(/C=C/C(=O)N(C)CCCCCO)c(C)c1. The first-order valence-corrected chi connectivity index (χ1v) is 7.16. The topological polar surface area (TPSA) is 40.5 Å². The van der Waals surface area contributed by atoms with Crippen molar-refractivity contribution >= 4 is 12.0 Å². The molecule has 0 spiro atoms. The number of nitrogens with zero attached hydrogens (tertiary/aromatic N) is 1. The van der Waals surface area contributed by atoms with E-state index < -0.39 is 0 Å². The average molecular weight is 275 g/mol. The highest BCUT2D eigenvalue weighted by atomic mass is 16.2. The van der Waals surface area contributed by atoms with E-state index in [9.17, 15) is 4.79 Å². The number of carbonyl (C=O) groups is 1. The van der Waals surface area contributed by atoms with Crippen LogP contribution in [0, 0.1) is 13.8 Å². The first-order valence-electron chi connectivity index (χ1n) is 7.16. The van der Waals surface area contributed by atoms with Crippen molar-refractivity contribution in [2.24, 2.45) is 0 Å². The Bertz CT molecular complexity index is 466. The van der Waals surface area contributed by atoms with Crippen LogP contribution < -0.4 is 0 Å². The Morgan fingerprint density at radius 2 is 2.00 bits per heavy atom. The summed E-state index contributed by atoms with van der Waals surface area (Å²) in [6, 6.07) is 6.20. The molecular weight excluding hydrogens is 250 g/mol. The second-order valence-corrected chi connectivity index (χ2v) is 5.24. The minimum atomic E-state index is 0.0222. The average Bonchev–Trinajstić information content (AvgIpc) is 2.42. The molecule has 3 nitrogen and oxygen atoms in total. The van der Waals surface area contributed by atoms with E-state index in [0.717, 1.165) is 31.4 Å². The second-order valence-electron chi connectivity index (χ2n) is 5.24. The van der Waals surface area contributed by atoms with Crippen molar-refractivity contribution in [3.05, 3.63) is 41.0 Å². The third-order valence-corrected chi connectivity index (χ3v) is 3.36. The summed E-state index contributed by atoms with van der Waals surface area (Å²) in [5, 5.41) is 8.70. The number of rotatable bonds is 7. The molecule has 0 saturated heterocycles.